The van der Waals surface area contributed by atoms with E-state index in [0.29, 0.717) is 32.3 Å². The molecular formula is C19H37N5O3. The summed E-state index contributed by atoms with van der Waals surface area (Å²) in [6, 6.07) is 0.780. The average molecular weight is 384 g/mol. The number of ether oxygens (including phenoxy) is 2. The van der Waals surface area contributed by atoms with Crippen molar-refractivity contribution in [2.75, 3.05) is 85.8 Å². The summed E-state index contributed by atoms with van der Waals surface area (Å²) >= 11 is 0. The molecule has 2 N–H and O–H groups in total. The second-order valence-corrected chi connectivity index (χ2v) is 7.96. The number of rotatable bonds is 7. The first kappa shape index (κ1) is 21.0. The number of hydrogen-bond donors (Lipinski definition) is 2. The summed E-state index contributed by atoms with van der Waals surface area (Å²) in [6.45, 7) is 12.5. The topological polar surface area (TPSA) is 69.3 Å². The van der Waals surface area contributed by atoms with Gasteiger partial charge in [0.05, 0.1) is 19.3 Å². The molecule has 0 aromatic carbocycles. The molecule has 3 heterocycles. The Balaban J connectivity index is 1.48. The van der Waals surface area contributed by atoms with E-state index in [1.54, 1.807) is 7.11 Å². The summed E-state index contributed by atoms with van der Waals surface area (Å²) in [6.07, 6.45) is 1.12. The number of nitrogens with one attached hydrogen (secondary N) is 2. The maximum Gasteiger partial charge on any atom is 0.236 e. The van der Waals surface area contributed by atoms with Gasteiger partial charge in [-0.15, -0.1) is 0 Å². The number of nitrogens with zero attached hydrogens (tertiary/aromatic N) is 3. The third-order valence-corrected chi connectivity index (χ3v) is 6.06. The van der Waals surface area contributed by atoms with Crippen LogP contribution in [0.3, 0.4) is 0 Å². The standard InChI is InChI=1S/C19H37N5O3/c1-16(3-11-26-2)23-9-6-21-17(13-23)18-14-24(10-12-27-18)19(25)15-22-7-4-20-5-8-22/h16-18,20-21H,3-15H2,1-2H3. The van der Waals surface area contributed by atoms with Crippen LogP contribution in [0.15, 0.2) is 0 Å². The van der Waals surface area contributed by atoms with Crippen molar-refractivity contribution in [3.63, 3.8) is 0 Å². The molecule has 3 fully saturated rings. The van der Waals surface area contributed by atoms with Crippen LogP contribution in [-0.2, 0) is 14.3 Å². The number of carbonyl (C=O) groups excluding carboxylic acids is 1. The van der Waals surface area contributed by atoms with Crippen LogP contribution in [0.2, 0.25) is 0 Å². The first-order valence-electron chi connectivity index (χ1n) is 10.5. The molecule has 3 saturated heterocycles. The number of amides is 1. The van der Waals surface area contributed by atoms with E-state index in [4.69, 9.17) is 9.47 Å². The van der Waals surface area contributed by atoms with Crippen molar-refractivity contribution in [1.29, 1.82) is 0 Å². The second-order valence-electron chi connectivity index (χ2n) is 7.96. The Morgan fingerprint density at radius 2 is 2.00 bits per heavy atom. The van der Waals surface area contributed by atoms with Gasteiger partial charge in [-0.05, 0) is 13.3 Å². The van der Waals surface area contributed by atoms with Gasteiger partial charge in [-0.2, -0.15) is 0 Å². The van der Waals surface area contributed by atoms with Crippen LogP contribution in [0.4, 0.5) is 0 Å². The van der Waals surface area contributed by atoms with E-state index in [-0.39, 0.29) is 18.1 Å². The van der Waals surface area contributed by atoms with Gasteiger partial charge in [-0.1, -0.05) is 0 Å². The molecule has 1 amide bonds. The molecule has 0 aromatic heterocycles. The molecule has 3 aliphatic heterocycles. The lowest BCUT2D eigenvalue weighted by Crippen LogP contribution is -2.62. The highest BCUT2D eigenvalue weighted by molar-refractivity contribution is 5.78. The zero-order valence-corrected chi connectivity index (χ0v) is 17.0. The van der Waals surface area contributed by atoms with Crippen molar-refractivity contribution in [3.8, 4) is 0 Å². The lowest BCUT2D eigenvalue weighted by Gasteiger charge is -2.43. The van der Waals surface area contributed by atoms with Crippen molar-refractivity contribution in [3.05, 3.63) is 0 Å². The Bertz CT molecular complexity index is 461. The molecule has 156 valence electrons. The first-order chi connectivity index (χ1) is 13.2. The quantitative estimate of drug-likeness (QED) is 0.573. The number of carbonyl (C=O) groups is 1. The summed E-state index contributed by atoms with van der Waals surface area (Å²) in [7, 11) is 1.76. The van der Waals surface area contributed by atoms with Crippen LogP contribution >= 0.6 is 0 Å². The normalized spacial score (nSPS) is 29.6. The van der Waals surface area contributed by atoms with E-state index < -0.39 is 0 Å². The van der Waals surface area contributed by atoms with Gasteiger partial charge in [0, 0.05) is 84.7 Å². The zero-order valence-electron chi connectivity index (χ0n) is 17.0. The molecule has 8 nitrogen and oxygen atoms in total. The Morgan fingerprint density at radius 1 is 1.19 bits per heavy atom. The van der Waals surface area contributed by atoms with Crippen molar-refractivity contribution >= 4 is 5.91 Å². The van der Waals surface area contributed by atoms with Crippen LogP contribution in [-0.4, -0.2) is 125 Å². The van der Waals surface area contributed by atoms with Crippen molar-refractivity contribution in [2.24, 2.45) is 0 Å². The van der Waals surface area contributed by atoms with Crippen LogP contribution in [0.5, 0.6) is 0 Å². The minimum Gasteiger partial charge on any atom is -0.385 e. The van der Waals surface area contributed by atoms with Crippen LogP contribution in [0.25, 0.3) is 0 Å². The minimum atomic E-state index is 0.0724. The fourth-order valence-electron chi connectivity index (χ4n) is 4.23. The van der Waals surface area contributed by atoms with Gasteiger partial charge in [-0.3, -0.25) is 14.6 Å². The Morgan fingerprint density at radius 3 is 2.78 bits per heavy atom. The molecule has 3 rings (SSSR count). The predicted molar refractivity (Wildman–Crippen MR) is 105 cm³/mol. The van der Waals surface area contributed by atoms with Gasteiger partial charge >= 0.3 is 0 Å². The molecule has 3 atom stereocenters. The maximum absolute atomic E-state index is 12.7. The van der Waals surface area contributed by atoms with Gasteiger partial charge in [0.25, 0.3) is 0 Å². The largest absolute Gasteiger partial charge is 0.385 e. The van der Waals surface area contributed by atoms with Crippen molar-refractivity contribution in [2.45, 2.75) is 31.5 Å². The van der Waals surface area contributed by atoms with Gasteiger partial charge in [0.1, 0.15) is 0 Å². The monoisotopic (exact) mass is 383 g/mol. The molecule has 0 bridgehead atoms. The van der Waals surface area contributed by atoms with E-state index in [0.717, 1.165) is 58.8 Å². The highest BCUT2D eigenvalue weighted by Gasteiger charge is 2.34. The Kier molecular flexibility index (Phi) is 8.29. The molecule has 0 aromatic rings. The highest BCUT2D eigenvalue weighted by atomic mass is 16.5. The summed E-state index contributed by atoms with van der Waals surface area (Å²) in [4.78, 5) is 19.5. The van der Waals surface area contributed by atoms with Gasteiger partial charge in [0.2, 0.25) is 5.91 Å². The molecule has 0 aliphatic carbocycles. The smallest absolute Gasteiger partial charge is 0.236 e. The molecular weight excluding hydrogens is 346 g/mol. The second kappa shape index (κ2) is 10.7. The van der Waals surface area contributed by atoms with E-state index in [1.165, 1.54) is 0 Å². The number of methoxy groups -OCH3 is 1. The van der Waals surface area contributed by atoms with Gasteiger partial charge < -0.3 is 25.0 Å². The fraction of sp³-hybridized carbons (Fsp3) is 0.947. The molecule has 27 heavy (non-hydrogen) atoms. The maximum atomic E-state index is 12.7. The van der Waals surface area contributed by atoms with Crippen LogP contribution < -0.4 is 10.6 Å². The molecule has 3 aliphatic rings. The summed E-state index contributed by atoms with van der Waals surface area (Å²) in [5.74, 6) is 0.242. The number of morpholine rings is 1. The van der Waals surface area contributed by atoms with Crippen LogP contribution in [0.1, 0.15) is 13.3 Å². The van der Waals surface area contributed by atoms with Gasteiger partial charge in [0.15, 0.2) is 0 Å². The summed E-state index contributed by atoms with van der Waals surface area (Å²) in [5.41, 5.74) is 0. The minimum absolute atomic E-state index is 0.0724. The summed E-state index contributed by atoms with van der Waals surface area (Å²) in [5, 5.41) is 6.95. The van der Waals surface area contributed by atoms with Gasteiger partial charge in [-0.25, -0.2) is 0 Å². The summed E-state index contributed by atoms with van der Waals surface area (Å²) < 4.78 is 11.3. The third-order valence-electron chi connectivity index (χ3n) is 6.06. The zero-order chi connectivity index (χ0) is 19.1. The highest BCUT2D eigenvalue weighted by Crippen LogP contribution is 2.16. The third kappa shape index (κ3) is 6.10. The lowest BCUT2D eigenvalue weighted by molar-refractivity contribution is -0.142. The molecule has 0 spiro atoms. The van der Waals surface area contributed by atoms with Crippen LogP contribution in [0, 0.1) is 0 Å². The molecule has 0 saturated carbocycles. The first-order valence-corrected chi connectivity index (χ1v) is 10.5. The van der Waals surface area contributed by atoms with Crippen molar-refractivity contribution in [1.82, 2.24) is 25.3 Å². The molecule has 0 radical (unpaired) electrons. The Labute approximate surface area is 163 Å². The van der Waals surface area contributed by atoms with Crippen molar-refractivity contribution < 1.29 is 14.3 Å². The van der Waals surface area contributed by atoms with E-state index in [2.05, 4.69) is 27.4 Å². The Hall–Kier alpha value is -0.770. The fourth-order valence-corrected chi connectivity index (χ4v) is 4.23. The van der Waals surface area contributed by atoms with E-state index >= 15 is 0 Å². The molecule has 8 heteroatoms. The predicted octanol–water partition coefficient (Wildman–Crippen LogP) is -1.18. The SMILES string of the molecule is COCCC(C)N1CCNC(C2CN(C(=O)CN3CCNCC3)CCO2)C1. The van der Waals surface area contributed by atoms with E-state index in [9.17, 15) is 4.79 Å². The molecule has 3 unspecified atom stereocenters. The number of piperazine rings is 2. The average Bonchev–Trinajstić information content (AvgIpc) is 2.73. The number of hydrogen-bond acceptors (Lipinski definition) is 7. The lowest BCUT2D eigenvalue weighted by atomic mass is 10.0. The van der Waals surface area contributed by atoms with E-state index in [1.807, 2.05) is 4.90 Å².